The molecule has 0 atom stereocenters. The Balaban J connectivity index is 2.02. The summed E-state index contributed by atoms with van der Waals surface area (Å²) in [6, 6.07) is 5.58. The van der Waals surface area contributed by atoms with Gasteiger partial charge in [0, 0.05) is 22.0 Å². The molecule has 1 aromatic rings. The van der Waals surface area contributed by atoms with Gasteiger partial charge in [0.2, 0.25) is 0 Å². The average Bonchev–Trinajstić information content (AvgIpc) is 3.10. The molecule has 0 spiro atoms. The van der Waals surface area contributed by atoms with Crippen LogP contribution < -0.4 is 5.32 Å². The monoisotopic (exact) mass is 297 g/mol. The summed E-state index contributed by atoms with van der Waals surface area (Å²) in [7, 11) is 0. The zero-order valence-corrected chi connectivity index (χ0v) is 11.4. The number of aliphatic hydroxyl groups is 1. The van der Waals surface area contributed by atoms with Crippen LogP contribution in [0.1, 0.15) is 28.8 Å². The van der Waals surface area contributed by atoms with E-state index < -0.39 is 0 Å². The Hall–Kier alpha value is -0.870. The molecule has 1 aliphatic rings. The fourth-order valence-electron chi connectivity index (χ4n) is 1.78. The lowest BCUT2D eigenvalue weighted by Gasteiger charge is -2.14. The largest absolute Gasteiger partial charge is 0.396 e. The van der Waals surface area contributed by atoms with Crippen LogP contribution in [0.15, 0.2) is 22.7 Å². The van der Waals surface area contributed by atoms with Gasteiger partial charge in [-0.25, -0.2) is 0 Å². The first-order chi connectivity index (χ1) is 8.08. The van der Waals surface area contributed by atoms with Gasteiger partial charge in [0.25, 0.3) is 5.91 Å². The SMILES string of the molecule is Cc1c(Br)cccc1C(=O)NCC1(CO)CC1. The lowest BCUT2D eigenvalue weighted by Crippen LogP contribution is -2.32. The molecule has 92 valence electrons. The van der Waals surface area contributed by atoms with Gasteiger partial charge in [0.05, 0.1) is 6.61 Å². The molecule has 0 aromatic heterocycles. The van der Waals surface area contributed by atoms with Crippen molar-refractivity contribution in [2.24, 2.45) is 5.41 Å². The minimum atomic E-state index is -0.0662. The van der Waals surface area contributed by atoms with E-state index in [0.717, 1.165) is 22.9 Å². The Morgan fingerprint density at radius 2 is 2.24 bits per heavy atom. The van der Waals surface area contributed by atoms with E-state index in [1.807, 2.05) is 25.1 Å². The maximum atomic E-state index is 12.0. The number of hydrogen-bond acceptors (Lipinski definition) is 2. The fourth-order valence-corrected chi connectivity index (χ4v) is 2.15. The number of halogens is 1. The van der Waals surface area contributed by atoms with Gasteiger partial charge in [-0.3, -0.25) is 4.79 Å². The Morgan fingerprint density at radius 3 is 2.82 bits per heavy atom. The van der Waals surface area contributed by atoms with Crippen molar-refractivity contribution in [2.45, 2.75) is 19.8 Å². The average molecular weight is 298 g/mol. The number of rotatable bonds is 4. The van der Waals surface area contributed by atoms with Crippen LogP contribution in [-0.4, -0.2) is 24.2 Å². The second-order valence-electron chi connectivity index (χ2n) is 4.75. The third-order valence-electron chi connectivity index (χ3n) is 3.43. The number of hydrogen-bond donors (Lipinski definition) is 2. The van der Waals surface area contributed by atoms with Crippen molar-refractivity contribution >= 4 is 21.8 Å². The van der Waals surface area contributed by atoms with Crippen molar-refractivity contribution in [3.05, 3.63) is 33.8 Å². The summed E-state index contributed by atoms with van der Waals surface area (Å²) in [5.74, 6) is -0.0662. The topological polar surface area (TPSA) is 49.3 Å². The van der Waals surface area contributed by atoms with Gasteiger partial charge >= 0.3 is 0 Å². The highest BCUT2D eigenvalue weighted by Gasteiger charge is 2.42. The number of carbonyl (C=O) groups is 1. The summed E-state index contributed by atoms with van der Waals surface area (Å²) in [6.45, 7) is 2.64. The molecule has 4 heteroatoms. The first-order valence-corrected chi connectivity index (χ1v) is 6.51. The van der Waals surface area contributed by atoms with E-state index in [1.54, 1.807) is 0 Å². The second-order valence-corrected chi connectivity index (χ2v) is 5.61. The summed E-state index contributed by atoms with van der Waals surface area (Å²) in [6.07, 6.45) is 2.00. The molecule has 1 fully saturated rings. The second kappa shape index (κ2) is 4.78. The van der Waals surface area contributed by atoms with Crippen LogP contribution in [0.3, 0.4) is 0 Å². The zero-order valence-electron chi connectivity index (χ0n) is 9.79. The van der Waals surface area contributed by atoms with Crippen LogP contribution >= 0.6 is 15.9 Å². The van der Waals surface area contributed by atoms with Crippen molar-refractivity contribution < 1.29 is 9.90 Å². The molecule has 0 radical (unpaired) electrons. The van der Waals surface area contributed by atoms with Gasteiger partial charge in [-0.2, -0.15) is 0 Å². The van der Waals surface area contributed by atoms with Crippen molar-refractivity contribution in [1.29, 1.82) is 0 Å². The first kappa shape index (κ1) is 12.6. The summed E-state index contributed by atoms with van der Waals surface area (Å²) >= 11 is 3.41. The van der Waals surface area contributed by atoms with Gasteiger partial charge in [-0.05, 0) is 37.5 Å². The maximum absolute atomic E-state index is 12.0. The predicted octanol–water partition coefficient (Wildman–Crippen LogP) is 2.26. The highest BCUT2D eigenvalue weighted by molar-refractivity contribution is 9.10. The number of aliphatic hydroxyl groups excluding tert-OH is 1. The Labute approximate surface area is 109 Å². The molecule has 3 nitrogen and oxygen atoms in total. The Bertz CT molecular complexity index is 441. The lowest BCUT2D eigenvalue weighted by molar-refractivity contribution is 0.0934. The molecule has 1 aliphatic carbocycles. The third-order valence-corrected chi connectivity index (χ3v) is 4.29. The van der Waals surface area contributed by atoms with Crippen molar-refractivity contribution in [2.75, 3.05) is 13.2 Å². The molecule has 0 heterocycles. The van der Waals surface area contributed by atoms with Gasteiger partial charge in [0.1, 0.15) is 0 Å². The standard InChI is InChI=1S/C13H16BrNO2/c1-9-10(3-2-4-11(9)14)12(17)15-7-13(8-16)5-6-13/h2-4,16H,5-8H2,1H3,(H,15,17). The zero-order chi connectivity index (χ0) is 12.5. The fraction of sp³-hybridized carbons (Fsp3) is 0.462. The normalized spacial score (nSPS) is 16.6. The predicted molar refractivity (Wildman–Crippen MR) is 70.0 cm³/mol. The van der Waals surface area contributed by atoms with E-state index in [2.05, 4.69) is 21.2 Å². The molecular formula is C13H16BrNO2. The number of benzene rings is 1. The molecule has 0 unspecified atom stereocenters. The smallest absolute Gasteiger partial charge is 0.251 e. The van der Waals surface area contributed by atoms with Crippen molar-refractivity contribution in [3.63, 3.8) is 0 Å². The molecule has 1 saturated carbocycles. The van der Waals surface area contributed by atoms with Crippen LogP contribution in [-0.2, 0) is 0 Å². The molecule has 1 amide bonds. The molecular weight excluding hydrogens is 282 g/mol. The van der Waals surface area contributed by atoms with Gasteiger partial charge < -0.3 is 10.4 Å². The molecule has 1 aromatic carbocycles. The van der Waals surface area contributed by atoms with E-state index in [9.17, 15) is 9.90 Å². The van der Waals surface area contributed by atoms with E-state index in [1.165, 1.54) is 0 Å². The summed E-state index contributed by atoms with van der Waals surface area (Å²) < 4.78 is 0.938. The Kier molecular flexibility index (Phi) is 3.54. The highest BCUT2D eigenvalue weighted by atomic mass is 79.9. The van der Waals surface area contributed by atoms with Gasteiger partial charge in [-0.1, -0.05) is 22.0 Å². The summed E-state index contributed by atoms with van der Waals surface area (Å²) in [5.41, 5.74) is 1.59. The van der Waals surface area contributed by atoms with Crippen LogP contribution in [0.5, 0.6) is 0 Å². The molecule has 0 bridgehead atoms. The van der Waals surface area contributed by atoms with Crippen LogP contribution in [0.4, 0.5) is 0 Å². The summed E-state index contributed by atoms with van der Waals surface area (Å²) in [5, 5.41) is 12.1. The minimum Gasteiger partial charge on any atom is -0.396 e. The number of amides is 1. The van der Waals surface area contributed by atoms with Gasteiger partial charge in [0.15, 0.2) is 0 Å². The van der Waals surface area contributed by atoms with Crippen molar-refractivity contribution in [3.8, 4) is 0 Å². The van der Waals surface area contributed by atoms with Gasteiger partial charge in [-0.15, -0.1) is 0 Å². The van der Waals surface area contributed by atoms with Crippen molar-refractivity contribution in [1.82, 2.24) is 5.32 Å². The van der Waals surface area contributed by atoms with E-state index in [-0.39, 0.29) is 17.9 Å². The minimum absolute atomic E-state index is 0.0461. The van der Waals surface area contributed by atoms with E-state index >= 15 is 0 Å². The molecule has 2 rings (SSSR count). The summed E-state index contributed by atoms with van der Waals surface area (Å²) in [4.78, 5) is 12.0. The van der Waals surface area contributed by atoms with Crippen LogP contribution in [0, 0.1) is 12.3 Å². The highest BCUT2D eigenvalue weighted by Crippen LogP contribution is 2.44. The quantitative estimate of drug-likeness (QED) is 0.896. The Morgan fingerprint density at radius 1 is 1.53 bits per heavy atom. The third kappa shape index (κ3) is 2.69. The number of carbonyl (C=O) groups excluding carboxylic acids is 1. The molecule has 0 aliphatic heterocycles. The van der Waals surface area contributed by atoms with E-state index in [4.69, 9.17) is 0 Å². The lowest BCUT2D eigenvalue weighted by atomic mass is 10.1. The van der Waals surface area contributed by atoms with E-state index in [0.29, 0.717) is 12.1 Å². The number of nitrogens with one attached hydrogen (secondary N) is 1. The maximum Gasteiger partial charge on any atom is 0.251 e. The van der Waals surface area contributed by atoms with Crippen LogP contribution in [0.25, 0.3) is 0 Å². The molecule has 2 N–H and O–H groups in total. The molecule has 0 saturated heterocycles. The van der Waals surface area contributed by atoms with Crippen LogP contribution in [0.2, 0.25) is 0 Å². The molecule has 17 heavy (non-hydrogen) atoms. The first-order valence-electron chi connectivity index (χ1n) is 5.72.